The maximum absolute atomic E-state index is 11.7. The highest BCUT2D eigenvalue weighted by molar-refractivity contribution is 9.10. The minimum absolute atomic E-state index is 0.138. The standard InChI is InChI=1S/C21H25NO3.C20H25NO4.C20H25NO3.C19H23NO4.C19H23NO3.C18H20BrNO3/c1-13-10-15(3)20(11-14(13)2)25-12-18-17(16-8-9-16)6-5-7-19(18)22-21(23)24-4;1-6-24-18-9-7-8-17(21-20(22)23-5)16(18)12-25-19-11-14(3)13(2)10-15(19)4;1-6-16-8-7-9-18(21-20(22)23-5)17(16)12-24-19-11-14(3)13(2)10-15(19)4;1-12-8-14(3)18(9-13(12)2)24-11-16-15(10-21)6-5-7-17(16)20-19(22)23-4;1-12-7-6-8-17(20-19(21)22-5)16(12)11-23-18-10-14(3)13(2)9-15(18)4;1-11-8-13(3)17(9-12(11)2)23-10-14-15(19)6-5-7-16(14)20-18(21)22-4/h5-7,10-11,16H,8-9,12H2,1-4H3,(H,22,23);7-11H,6,12H2,1-5H3,(H,21,22);7-11H,6,12H2,1-5H3,(H,21,22);5-9,21H,10-11H2,1-4H3,(H,20,22);6-10H,11H2,1-5H3,(H,20,21);5-9H,10H2,1-4H3,(H,20,21). The first-order valence-corrected chi connectivity index (χ1v) is 48.4. The van der Waals surface area contributed by atoms with Gasteiger partial charge in [0.25, 0.3) is 0 Å². The number of benzene rings is 12. The quantitative estimate of drug-likeness (QED) is 0.0214. The van der Waals surface area contributed by atoms with E-state index in [1.807, 2.05) is 146 Å². The van der Waals surface area contributed by atoms with Crippen LogP contribution >= 0.6 is 15.9 Å². The van der Waals surface area contributed by atoms with Crippen LogP contribution in [0.2, 0.25) is 0 Å². The molecule has 27 heteroatoms. The summed E-state index contributed by atoms with van der Waals surface area (Å²) in [6, 6.07) is 58.9. The smallest absolute Gasteiger partial charge is 0.411 e. The van der Waals surface area contributed by atoms with Crippen LogP contribution in [0.3, 0.4) is 0 Å². The van der Waals surface area contributed by atoms with Crippen LogP contribution in [-0.2, 0) is 81.1 Å². The molecule has 0 aromatic heterocycles. The van der Waals surface area contributed by atoms with Crippen molar-refractivity contribution in [2.75, 3.05) is 81.2 Å². The molecule has 1 aliphatic carbocycles. The van der Waals surface area contributed by atoms with Crippen molar-refractivity contribution in [2.45, 2.75) is 217 Å². The van der Waals surface area contributed by atoms with Crippen LogP contribution in [0.4, 0.5) is 62.9 Å². The normalized spacial score (nSPS) is 10.9. The first-order chi connectivity index (χ1) is 68.7. The number of methoxy groups -OCH3 is 6. The topological polar surface area (TPSA) is 315 Å². The summed E-state index contributed by atoms with van der Waals surface area (Å²) in [5.41, 5.74) is 34.6. The maximum Gasteiger partial charge on any atom is 0.411 e. The van der Waals surface area contributed by atoms with Gasteiger partial charge in [0, 0.05) is 32.3 Å². The van der Waals surface area contributed by atoms with Crippen LogP contribution in [0.1, 0.15) is 188 Å². The van der Waals surface area contributed by atoms with E-state index in [-0.39, 0.29) is 19.8 Å². The van der Waals surface area contributed by atoms with Gasteiger partial charge >= 0.3 is 36.6 Å². The molecule has 0 unspecified atom stereocenters. The van der Waals surface area contributed by atoms with Gasteiger partial charge in [-0.3, -0.25) is 31.9 Å². The summed E-state index contributed by atoms with van der Waals surface area (Å²) in [7, 11) is 8.04. The second-order valence-corrected chi connectivity index (χ2v) is 36.1. The molecule has 144 heavy (non-hydrogen) atoms. The molecule has 0 spiro atoms. The highest BCUT2D eigenvalue weighted by Crippen LogP contribution is 2.44. The van der Waals surface area contributed by atoms with Crippen LogP contribution in [-0.4, -0.2) is 90.9 Å². The third-order valence-electron chi connectivity index (χ3n) is 24.8. The van der Waals surface area contributed by atoms with Crippen LogP contribution in [0.25, 0.3) is 0 Å². The lowest BCUT2D eigenvalue weighted by atomic mass is 10.0. The highest BCUT2D eigenvalue weighted by atomic mass is 79.9. The summed E-state index contributed by atoms with van der Waals surface area (Å²) < 4.78 is 70.8. The largest absolute Gasteiger partial charge is 0.493 e. The molecule has 0 atom stereocenters. The number of carbonyl (C=O) groups excluding carboxylic acids is 6. The van der Waals surface area contributed by atoms with E-state index in [1.54, 1.807) is 24.3 Å². The van der Waals surface area contributed by atoms with Crippen molar-refractivity contribution < 1.29 is 95.5 Å². The number of ether oxygens (including phenoxy) is 13. The molecule has 26 nitrogen and oxygen atoms in total. The third-order valence-corrected chi connectivity index (χ3v) is 25.5. The molecule has 6 amide bonds. The van der Waals surface area contributed by atoms with Crippen molar-refractivity contribution >= 4 is 86.6 Å². The van der Waals surface area contributed by atoms with Crippen molar-refractivity contribution in [3.63, 3.8) is 0 Å². The molecule has 7 N–H and O–H groups in total. The van der Waals surface area contributed by atoms with Gasteiger partial charge in [0.2, 0.25) is 0 Å². The van der Waals surface area contributed by atoms with Crippen molar-refractivity contribution in [1.29, 1.82) is 0 Å². The number of carbonyl (C=O) groups is 6. The van der Waals surface area contributed by atoms with Gasteiger partial charge in [0.15, 0.2) is 0 Å². The predicted molar refractivity (Wildman–Crippen MR) is 576 cm³/mol. The predicted octanol–water partition coefficient (Wildman–Crippen LogP) is 28.6. The Morgan fingerprint density at radius 1 is 0.264 bits per heavy atom. The van der Waals surface area contributed by atoms with Gasteiger partial charge in [0.05, 0.1) is 95.6 Å². The molecule has 12 aromatic carbocycles. The molecule has 0 bridgehead atoms. The zero-order valence-electron chi connectivity index (χ0n) is 88.3. The van der Waals surface area contributed by atoms with Gasteiger partial charge in [-0.15, -0.1) is 0 Å². The fourth-order valence-corrected chi connectivity index (χ4v) is 15.8. The Morgan fingerprint density at radius 3 is 0.819 bits per heavy atom. The van der Waals surface area contributed by atoms with E-state index in [0.29, 0.717) is 73.0 Å². The number of amides is 6. The second-order valence-electron chi connectivity index (χ2n) is 35.3. The monoisotopic (exact) mass is 2030 g/mol. The van der Waals surface area contributed by atoms with Gasteiger partial charge in [0.1, 0.15) is 79.9 Å². The Bertz CT molecular complexity index is 6210. The average molecular weight is 2030 g/mol. The minimum atomic E-state index is -0.561. The van der Waals surface area contributed by atoms with Crippen molar-refractivity contribution in [1.82, 2.24) is 0 Å². The molecule has 0 radical (unpaired) electrons. The van der Waals surface area contributed by atoms with Crippen LogP contribution in [0.15, 0.2) is 186 Å². The Hall–Kier alpha value is -14.7. The Balaban J connectivity index is 0.000000211. The van der Waals surface area contributed by atoms with Crippen LogP contribution < -0.4 is 65.1 Å². The zero-order chi connectivity index (χ0) is 106. The number of anilines is 6. The summed E-state index contributed by atoms with van der Waals surface area (Å²) in [4.78, 5) is 69.3. The first-order valence-electron chi connectivity index (χ1n) is 47.6. The van der Waals surface area contributed by atoms with E-state index in [4.69, 9.17) is 42.6 Å². The first kappa shape index (κ1) is 115. The fraction of sp³-hybridized carbons (Fsp3) is 0.333. The molecule has 766 valence electrons. The van der Waals surface area contributed by atoms with Crippen molar-refractivity contribution in [3.05, 3.63) is 342 Å². The molecule has 1 fully saturated rings. The van der Waals surface area contributed by atoms with Gasteiger partial charge in [-0.1, -0.05) is 120 Å². The van der Waals surface area contributed by atoms with E-state index in [9.17, 15) is 33.9 Å². The van der Waals surface area contributed by atoms with E-state index in [0.717, 1.165) is 140 Å². The van der Waals surface area contributed by atoms with Gasteiger partial charge in [-0.2, -0.15) is 0 Å². The zero-order valence-corrected chi connectivity index (χ0v) is 89.8. The lowest BCUT2D eigenvalue weighted by Gasteiger charge is -2.17. The minimum Gasteiger partial charge on any atom is -0.493 e. The van der Waals surface area contributed by atoms with Crippen molar-refractivity contribution in [3.8, 4) is 40.2 Å². The van der Waals surface area contributed by atoms with Crippen molar-refractivity contribution in [2.24, 2.45) is 0 Å². The fourth-order valence-electron chi connectivity index (χ4n) is 15.3. The van der Waals surface area contributed by atoms with Gasteiger partial charge in [-0.05, 0) is 371 Å². The summed E-state index contributed by atoms with van der Waals surface area (Å²) in [5.74, 6) is 6.31. The lowest BCUT2D eigenvalue weighted by Crippen LogP contribution is -2.14. The SMILES string of the molecule is CCOc1cccc(NC(=O)OC)c1COc1cc(C)c(C)cc1C.CCc1cccc(NC(=O)OC)c1COc1cc(C)c(C)cc1C.COC(=O)Nc1cccc(Br)c1COc1cc(C)c(C)cc1C.COC(=O)Nc1cccc(C)c1COc1cc(C)c(C)cc1C.COC(=O)Nc1cccc(C2CC2)c1COc1cc(C)c(C)cc1C.COC(=O)Nc1cccc(CO)c1COc1cc(C)c(C)cc1C. The Morgan fingerprint density at radius 2 is 0.507 bits per heavy atom. The highest BCUT2D eigenvalue weighted by Gasteiger charge is 2.29. The summed E-state index contributed by atoms with van der Waals surface area (Å²) >= 11 is 3.51. The van der Waals surface area contributed by atoms with E-state index < -0.39 is 36.6 Å². The summed E-state index contributed by atoms with van der Waals surface area (Å²) in [6.45, 7) is 45.5. The third kappa shape index (κ3) is 33.7. The molecule has 12 aromatic rings. The Labute approximate surface area is 857 Å². The van der Waals surface area contributed by atoms with Crippen LogP contribution in [0.5, 0.6) is 40.2 Å². The maximum atomic E-state index is 11.7. The summed E-state index contributed by atoms with van der Waals surface area (Å²) in [5, 5.41) is 25.9. The number of aliphatic hydroxyl groups excluding tert-OH is 1. The number of rotatable bonds is 29. The Kier molecular flexibility index (Phi) is 44.7. The molecule has 0 saturated heterocycles. The molecule has 1 saturated carbocycles. The average Bonchev–Trinajstić information content (AvgIpc) is 1.64. The molecular formula is C117H141BrN6O20. The van der Waals surface area contributed by atoms with Gasteiger partial charge < -0.3 is 66.7 Å². The lowest BCUT2D eigenvalue weighted by molar-refractivity contribution is 0.186. The molecule has 0 heterocycles. The molecule has 1 aliphatic rings. The number of aryl methyl sites for hydroxylation is 20. The van der Waals surface area contributed by atoms with Gasteiger partial charge in [-0.25, -0.2) is 28.8 Å². The number of nitrogens with one attached hydrogen (secondary N) is 6. The number of halogens is 1. The van der Waals surface area contributed by atoms with E-state index in [1.165, 1.54) is 122 Å². The van der Waals surface area contributed by atoms with Crippen LogP contribution in [0, 0.1) is 132 Å². The number of hydrogen-bond acceptors (Lipinski definition) is 20. The number of aliphatic hydroxyl groups is 1. The summed E-state index contributed by atoms with van der Waals surface area (Å²) in [6.07, 6.45) is 0.219. The molecular weight excluding hydrogens is 1890 g/mol. The number of hydrogen-bond donors (Lipinski definition) is 7. The molecule has 13 rings (SSSR count). The van der Waals surface area contributed by atoms with E-state index >= 15 is 0 Å². The van der Waals surface area contributed by atoms with E-state index in [2.05, 4.69) is 224 Å². The second kappa shape index (κ2) is 56.2. The molecule has 0 aliphatic heterocycles.